The van der Waals surface area contributed by atoms with Crippen LogP contribution in [0.3, 0.4) is 0 Å². The fraction of sp³-hybridized carbons (Fsp3) is 0.542. The van der Waals surface area contributed by atoms with Crippen LogP contribution in [-0.4, -0.2) is 56.7 Å². The Kier molecular flexibility index (Phi) is 7.44. The van der Waals surface area contributed by atoms with E-state index in [1.807, 2.05) is 50.5 Å². The molecule has 1 amide bonds. The van der Waals surface area contributed by atoms with Crippen LogP contribution in [0.25, 0.3) is 21.9 Å². The van der Waals surface area contributed by atoms with Gasteiger partial charge in [0.05, 0.1) is 35.9 Å². The number of imidazole rings is 1. The third kappa shape index (κ3) is 6.79. The number of carbonyl (C=O) groups excluding carboxylic acids is 1. The van der Waals surface area contributed by atoms with Gasteiger partial charge in [0.2, 0.25) is 0 Å². The summed E-state index contributed by atoms with van der Waals surface area (Å²) < 4.78 is 18.6. The van der Waals surface area contributed by atoms with Gasteiger partial charge in [-0.3, -0.25) is 4.98 Å². The number of hydrogen-bond donors (Lipinski definition) is 2. The van der Waals surface area contributed by atoms with E-state index < -0.39 is 17.3 Å². The summed E-state index contributed by atoms with van der Waals surface area (Å²) in [5, 5.41) is 14.1. The highest BCUT2D eigenvalue weighted by atomic mass is 16.6. The van der Waals surface area contributed by atoms with Crippen LogP contribution >= 0.6 is 0 Å². The second kappa shape index (κ2) is 9.93. The molecule has 0 saturated heterocycles. The van der Waals surface area contributed by atoms with E-state index in [0.717, 1.165) is 27.8 Å². The Morgan fingerprint density at radius 3 is 2.61 bits per heavy atom. The number of hydrogen-bond acceptors (Lipinski definition) is 7. The number of aliphatic hydroxyl groups is 1. The molecule has 0 aliphatic heterocycles. The normalized spacial score (nSPS) is 12.3. The van der Waals surface area contributed by atoms with Gasteiger partial charge in [0, 0.05) is 18.1 Å². The van der Waals surface area contributed by atoms with Gasteiger partial charge in [0.15, 0.2) is 0 Å². The molecule has 0 unspecified atom stereocenters. The molecule has 0 fully saturated rings. The van der Waals surface area contributed by atoms with Gasteiger partial charge in [-0.2, -0.15) is 0 Å². The minimum absolute atomic E-state index is 0.294. The number of ether oxygens (including phenoxy) is 3. The lowest BCUT2D eigenvalue weighted by atomic mass is 10.1. The van der Waals surface area contributed by atoms with Crippen molar-refractivity contribution in [1.82, 2.24) is 19.9 Å². The molecule has 0 spiro atoms. The lowest BCUT2D eigenvalue weighted by Gasteiger charge is -2.20. The van der Waals surface area contributed by atoms with E-state index in [1.54, 1.807) is 20.0 Å². The van der Waals surface area contributed by atoms with Gasteiger partial charge in [0.25, 0.3) is 0 Å². The first-order valence-electron chi connectivity index (χ1n) is 11.1. The van der Waals surface area contributed by atoms with Gasteiger partial charge in [-0.15, -0.1) is 0 Å². The average molecular weight is 459 g/mol. The highest BCUT2D eigenvalue weighted by molar-refractivity contribution is 6.02. The highest BCUT2D eigenvalue weighted by Gasteiger charge is 2.21. The number of alkyl carbamates (subject to hydrolysis) is 1. The molecule has 0 atom stereocenters. The van der Waals surface area contributed by atoms with Crippen LogP contribution in [0.15, 0.2) is 24.4 Å². The second-order valence-corrected chi connectivity index (χ2v) is 9.51. The van der Waals surface area contributed by atoms with Gasteiger partial charge in [-0.05, 0) is 53.7 Å². The maximum Gasteiger partial charge on any atom is 0.407 e. The zero-order valence-corrected chi connectivity index (χ0v) is 20.3. The molecule has 0 bridgehead atoms. The topological polar surface area (TPSA) is 108 Å². The number of pyridine rings is 1. The molecule has 0 aliphatic carbocycles. The molecule has 180 valence electrons. The number of benzene rings is 1. The van der Waals surface area contributed by atoms with Crippen molar-refractivity contribution < 1.29 is 24.1 Å². The Morgan fingerprint density at radius 2 is 1.94 bits per heavy atom. The van der Waals surface area contributed by atoms with Crippen molar-refractivity contribution in [2.45, 2.75) is 65.9 Å². The first-order chi connectivity index (χ1) is 15.5. The Morgan fingerprint density at radius 1 is 1.18 bits per heavy atom. The Bertz CT molecular complexity index is 1110. The van der Waals surface area contributed by atoms with Crippen LogP contribution in [0.5, 0.6) is 5.75 Å². The first kappa shape index (κ1) is 24.7. The third-order valence-corrected chi connectivity index (χ3v) is 4.64. The average Bonchev–Trinajstić information content (AvgIpc) is 3.04. The summed E-state index contributed by atoms with van der Waals surface area (Å²) in [6.45, 7) is 12.8. The van der Waals surface area contributed by atoms with Crippen molar-refractivity contribution in [1.29, 1.82) is 0 Å². The molecule has 0 radical (unpaired) electrons. The fourth-order valence-corrected chi connectivity index (χ4v) is 3.43. The van der Waals surface area contributed by atoms with Crippen LogP contribution in [0.2, 0.25) is 0 Å². The van der Waals surface area contributed by atoms with E-state index in [2.05, 4.69) is 10.3 Å². The van der Waals surface area contributed by atoms with Crippen LogP contribution in [0.4, 0.5) is 4.79 Å². The van der Waals surface area contributed by atoms with Gasteiger partial charge in [0.1, 0.15) is 35.9 Å². The van der Waals surface area contributed by atoms with Crippen molar-refractivity contribution in [3.05, 3.63) is 30.2 Å². The number of fused-ring (bicyclic) bond motifs is 3. The molecule has 0 aliphatic rings. The van der Waals surface area contributed by atoms with Gasteiger partial charge in [-0.1, -0.05) is 0 Å². The summed E-state index contributed by atoms with van der Waals surface area (Å²) in [4.78, 5) is 21.0. The van der Waals surface area contributed by atoms with E-state index >= 15 is 0 Å². The van der Waals surface area contributed by atoms with E-state index in [9.17, 15) is 9.90 Å². The Labute approximate surface area is 194 Å². The van der Waals surface area contributed by atoms with Crippen molar-refractivity contribution in [2.24, 2.45) is 0 Å². The molecule has 3 rings (SSSR count). The monoisotopic (exact) mass is 458 g/mol. The number of carbonyl (C=O) groups is 1. The lowest BCUT2D eigenvalue weighted by Crippen LogP contribution is -2.34. The van der Waals surface area contributed by atoms with Gasteiger partial charge < -0.3 is 29.2 Å². The predicted octanol–water partition coefficient (Wildman–Crippen LogP) is 3.80. The standard InChI is InChI=1S/C24H34N4O5/c1-7-31-14-20-27-19-13-26-18-12-16(32-11-10-25-22(29)33-23(2,3)4)8-9-17(18)21(19)28(20)15-24(5,6)30/h8-9,12-13,30H,7,10-11,14-15H2,1-6H3,(H,25,29). The smallest absolute Gasteiger partial charge is 0.407 e. The largest absolute Gasteiger partial charge is 0.492 e. The minimum Gasteiger partial charge on any atom is -0.492 e. The van der Waals surface area contributed by atoms with Crippen LogP contribution in [0, 0.1) is 0 Å². The lowest BCUT2D eigenvalue weighted by molar-refractivity contribution is 0.0519. The second-order valence-electron chi connectivity index (χ2n) is 9.51. The van der Waals surface area contributed by atoms with Crippen molar-refractivity contribution in [3.8, 4) is 5.75 Å². The number of nitrogens with zero attached hydrogens (tertiary/aromatic N) is 3. The van der Waals surface area contributed by atoms with Gasteiger partial charge in [-0.25, -0.2) is 9.78 Å². The molecule has 2 N–H and O–H groups in total. The molecule has 2 aromatic heterocycles. The van der Waals surface area contributed by atoms with Crippen LogP contribution in [0.1, 0.15) is 47.4 Å². The third-order valence-electron chi connectivity index (χ3n) is 4.64. The zero-order valence-electron chi connectivity index (χ0n) is 20.3. The maximum absolute atomic E-state index is 11.7. The zero-order chi connectivity index (χ0) is 24.2. The Balaban J connectivity index is 1.80. The van der Waals surface area contributed by atoms with Crippen molar-refractivity contribution >= 4 is 28.0 Å². The molecule has 2 heterocycles. The summed E-state index contributed by atoms with van der Waals surface area (Å²) in [5.74, 6) is 1.39. The molecule has 1 aromatic carbocycles. The van der Waals surface area contributed by atoms with Crippen LogP contribution in [-0.2, 0) is 22.6 Å². The molecular weight excluding hydrogens is 424 g/mol. The van der Waals surface area contributed by atoms with Crippen molar-refractivity contribution in [3.63, 3.8) is 0 Å². The highest BCUT2D eigenvalue weighted by Crippen LogP contribution is 2.29. The molecule has 9 nitrogen and oxygen atoms in total. The quantitative estimate of drug-likeness (QED) is 0.470. The van der Waals surface area contributed by atoms with Gasteiger partial charge >= 0.3 is 6.09 Å². The fourth-order valence-electron chi connectivity index (χ4n) is 3.43. The summed E-state index contributed by atoms with van der Waals surface area (Å²) in [5.41, 5.74) is 0.932. The number of amides is 1. The summed E-state index contributed by atoms with van der Waals surface area (Å²) in [7, 11) is 0. The Hall–Kier alpha value is -2.91. The van der Waals surface area contributed by atoms with Crippen LogP contribution < -0.4 is 10.1 Å². The number of rotatable bonds is 9. The summed E-state index contributed by atoms with van der Waals surface area (Å²) >= 11 is 0. The predicted molar refractivity (Wildman–Crippen MR) is 126 cm³/mol. The van der Waals surface area contributed by atoms with E-state index in [0.29, 0.717) is 38.7 Å². The molecule has 3 aromatic rings. The van der Waals surface area contributed by atoms with Crippen molar-refractivity contribution in [2.75, 3.05) is 19.8 Å². The SMILES string of the molecule is CCOCc1nc2cnc3cc(OCCNC(=O)OC(C)(C)C)ccc3c2n1CC(C)(C)O. The molecule has 9 heteroatoms. The van der Waals surface area contributed by atoms with E-state index in [1.165, 1.54) is 0 Å². The maximum atomic E-state index is 11.7. The first-order valence-corrected chi connectivity index (χ1v) is 11.1. The molecule has 33 heavy (non-hydrogen) atoms. The number of aromatic nitrogens is 3. The minimum atomic E-state index is -0.922. The molecular formula is C24H34N4O5. The van der Waals surface area contributed by atoms with E-state index in [-0.39, 0.29) is 0 Å². The number of nitrogens with one attached hydrogen (secondary N) is 1. The summed E-state index contributed by atoms with van der Waals surface area (Å²) in [6, 6.07) is 5.65. The van der Waals surface area contributed by atoms with E-state index in [4.69, 9.17) is 19.2 Å². The summed E-state index contributed by atoms with van der Waals surface area (Å²) in [6.07, 6.45) is 1.25. The molecule has 0 saturated carbocycles.